The first-order valence-electron chi connectivity index (χ1n) is 8.46. The minimum absolute atomic E-state index is 0.138. The Balaban J connectivity index is 1.45. The Bertz CT molecular complexity index is 692. The van der Waals surface area contributed by atoms with Crippen molar-refractivity contribution in [3.05, 3.63) is 16.8 Å². The third-order valence-electron chi connectivity index (χ3n) is 4.07. The molecular formula is C16H21N5O3S. The summed E-state index contributed by atoms with van der Waals surface area (Å²) >= 11 is 1.53. The van der Waals surface area contributed by atoms with Gasteiger partial charge in [-0.15, -0.1) is 10.2 Å². The molecule has 2 aromatic heterocycles. The van der Waals surface area contributed by atoms with Crippen molar-refractivity contribution in [3.63, 3.8) is 0 Å². The first-order valence-corrected chi connectivity index (χ1v) is 9.40. The van der Waals surface area contributed by atoms with Gasteiger partial charge in [-0.3, -0.25) is 4.79 Å². The van der Waals surface area contributed by atoms with E-state index in [2.05, 4.69) is 15.4 Å². The van der Waals surface area contributed by atoms with Gasteiger partial charge in [-0.2, -0.15) is 16.1 Å². The molecule has 1 saturated heterocycles. The monoisotopic (exact) mass is 363 g/mol. The van der Waals surface area contributed by atoms with E-state index in [1.807, 2.05) is 16.8 Å². The van der Waals surface area contributed by atoms with Gasteiger partial charge in [-0.25, -0.2) is 4.79 Å². The summed E-state index contributed by atoms with van der Waals surface area (Å²) in [7, 11) is 0. The summed E-state index contributed by atoms with van der Waals surface area (Å²) in [5, 5.41) is 15.7. The molecule has 1 fully saturated rings. The standard InChI is InChI=1S/C16H21N5O3S/c22-14(20-7-4-2-1-3-5-8-20)11-24-15(23)10-21-18-16(17-19-21)13-6-9-25-12-13/h6,9,12H,1-5,7-8,10-11H2. The van der Waals surface area contributed by atoms with E-state index in [0.717, 1.165) is 44.3 Å². The average molecular weight is 363 g/mol. The summed E-state index contributed by atoms with van der Waals surface area (Å²) in [5.74, 6) is -0.221. The van der Waals surface area contributed by atoms with Crippen LogP contribution in [-0.4, -0.2) is 56.7 Å². The maximum absolute atomic E-state index is 12.2. The van der Waals surface area contributed by atoms with Gasteiger partial charge < -0.3 is 9.64 Å². The van der Waals surface area contributed by atoms with Crippen LogP contribution < -0.4 is 0 Å². The highest BCUT2D eigenvalue weighted by atomic mass is 32.1. The minimum Gasteiger partial charge on any atom is -0.454 e. The molecule has 3 heterocycles. The molecule has 1 amide bonds. The Hall–Kier alpha value is -2.29. The first kappa shape index (κ1) is 17.5. The number of amides is 1. The number of tetrazole rings is 1. The molecule has 3 rings (SSSR count). The maximum atomic E-state index is 12.2. The number of ether oxygens (including phenoxy) is 1. The lowest BCUT2D eigenvalue weighted by atomic mass is 10.1. The number of esters is 1. The summed E-state index contributed by atoms with van der Waals surface area (Å²) in [6.07, 6.45) is 5.54. The zero-order valence-corrected chi connectivity index (χ0v) is 14.8. The Kier molecular flexibility index (Phi) is 6.10. The summed E-state index contributed by atoms with van der Waals surface area (Å²) in [6.45, 7) is 1.09. The van der Waals surface area contributed by atoms with Gasteiger partial charge in [0, 0.05) is 24.0 Å². The molecule has 2 aromatic rings. The molecule has 0 aromatic carbocycles. The second kappa shape index (κ2) is 8.70. The van der Waals surface area contributed by atoms with Crippen LogP contribution in [-0.2, 0) is 20.9 Å². The van der Waals surface area contributed by atoms with E-state index in [-0.39, 0.29) is 19.1 Å². The van der Waals surface area contributed by atoms with E-state index < -0.39 is 5.97 Å². The predicted molar refractivity (Wildman–Crippen MR) is 91.8 cm³/mol. The number of carbonyl (C=O) groups is 2. The van der Waals surface area contributed by atoms with Gasteiger partial charge in [-0.05, 0) is 29.5 Å². The lowest BCUT2D eigenvalue weighted by molar-refractivity contribution is -0.153. The molecule has 0 atom stereocenters. The predicted octanol–water partition coefficient (Wildman–Crippen LogP) is 1.74. The molecule has 1 aliphatic heterocycles. The van der Waals surface area contributed by atoms with Crippen molar-refractivity contribution in [1.82, 2.24) is 25.1 Å². The summed E-state index contributed by atoms with van der Waals surface area (Å²) in [5.41, 5.74) is 0.858. The number of hydrogen-bond acceptors (Lipinski definition) is 7. The Morgan fingerprint density at radius 1 is 1.16 bits per heavy atom. The van der Waals surface area contributed by atoms with E-state index in [1.54, 1.807) is 4.90 Å². The lowest BCUT2D eigenvalue weighted by Crippen LogP contribution is -2.37. The van der Waals surface area contributed by atoms with E-state index in [0.29, 0.717) is 5.82 Å². The van der Waals surface area contributed by atoms with Crippen molar-refractivity contribution in [3.8, 4) is 11.4 Å². The quantitative estimate of drug-likeness (QED) is 0.752. The highest BCUT2D eigenvalue weighted by molar-refractivity contribution is 7.08. The highest BCUT2D eigenvalue weighted by Gasteiger charge is 2.17. The van der Waals surface area contributed by atoms with Gasteiger partial charge in [0.15, 0.2) is 13.2 Å². The normalized spacial score (nSPS) is 15.4. The Morgan fingerprint density at radius 3 is 2.64 bits per heavy atom. The van der Waals surface area contributed by atoms with E-state index >= 15 is 0 Å². The van der Waals surface area contributed by atoms with Crippen molar-refractivity contribution in [2.75, 3.05) is 19.7 Å². The molecule has 25 heavy (non-hydrogen) atoms. The number of hydrogen-bond donors (Lipinski definition) is 0. The molecule has 0 aliphatic carbocycles. The van der Waals surface area contributed by atoms with Crippen molar-refractivity contribution in [1.29, 1.82) is 0 Å². The number of likely N-dealkylation sites (tertiary alicyclic amines) is 1. The lowest BCUT2D eigenvalue weighted by Gasteiger charge is -2.24. The summed E-state index contributed by atoms with van der Waals surface area (Å²) in [6, 6.07) is 1.88. The highest BCUT2D eigenvalue weighted by Crippen LogP contribution is 2.16. The molecule has 0 bridgehead atoms. The number of aromatic nitrogens is 4. The fourth-order valence-corrected chi connectivity index (χ4v) is 3.34. The third-order valence-corrected chi connectivity index (χ3v) is 4.75. The van der Waals surface area contributed by atoms with Crippen LogP contribution in [0.25, 0.3) is 11.4 Å². The summed E-state index contributed by atoms with van der Waals surface area (Å²) in [4.78, 5) is 27.0. The molecule has 1 aliphatic rings. The number of nitrogens with zero attached hydrogens (tertiary/aromatic N) is 5. The smallest absolute Gasteiger partial charge is 0.330 e. The molecule has 9 heteroatoms. The zero-order chi connectivity index (χ0) is 17.5. The first-order chi connectivity index (χ1) is 12.2. The van der Waals surface area contributed by atoms with Crippen molar-refractivity contribution >= 4 is 23.2 Å². The third kappa shape index (κ3) is 5.09. The molecular weight excluding hydrogens is 342 g/mol. The van der Waals surface area contributed by atoms with Gasteiger partial charge >= 0.3 is 5.97 Å². The molecule has 0 radical (unpaired) electrons. The second-order valence-corrected chi connectivity index (χ2v) is 6.74. The largest absolute Gasteiger partial charge is 0.454 e. The molecule has 0 unspecified atom stereocenters. The van der Waals surface area contributed by atoms with Gasteiger partial charge in [0.1, 0.15) is 0 Å². The van der Waals surface area contributed by atoms with Crippen LogP contribution in [0.5, 0.6) is 0 Å². The molecule has 0 saturated carbocycles. The fraction of sp³-hybridized carbons (Fsp3) is 0.562. The Morgan fingerprint density at radius 2 is 1.92 bits per heavy atom. The Labute approximate surface area is 149 Å². The molecule has 0 N–H and O–H groups in total. The van der Waals surface area contributed by atoms with E-state index in [4.69, 9.17) is 4.74 Å². The van der Waals surface area contributed by atoms with Crippen molar-refractivity contribution in [2.45, 2.75) is 38.6 Å². The van der Waals surface area contributed by atoms with Gasteiger partial charge in [0.2, 0.25) is 5.82 Å². The minimum atomic E-state index is -0.547. The topological polar surface area (TPSA) is 90.2 Å². The molecule has 134 valence electrons. The fourth-order valence-electron chi connectivity index (χ4n) is 2.71. The van der Waals surface area contributed by atoms with Crippen LogP contribution in [0, 0.1) is 0 Å². The van der Waals surface area contributed by atoms with Crippen LogP contribution in [0.2, 0.25) is 0 Å². The number of carbonyl (C=O) groups excluding carboxylic acids is 2. The van der Waals surface area contributed by atoms with Crippen molar-refractivity contribution < 1.29 is 14.3 Å². The van der Waals surface area contributed by atoms with Gasteiger partial charge in [0.25, 0.3) is 5.91 Å². The SMILES string of the molecule is O=C(Cn1nnc(-c2ccsc2)n1)OCC(=O)N1CCCCCCC1. The average Bonchev–Trinajstić information content (AvgIpc) is 3.23. The van der Waals surface area contributed by atoms with Crippen LogP contribution in [0.4, 0.5) is 0 Å². The number of rotatable bonds is 5. The van der Waals surface area contributed by atoms with Crippen LogP contribution >= 0.6 is 11.3 Å². The summed E-state index contributed by atoms with van der Waals surface area (Å²) < 4.78 is 5.08. The van der Waals surface area contributed by atoms with Crippen molar-refractivity contribution in [2.24, 2.45) is 0 Å². The van der Waals surface area contributed by atoms with Gasteiger partial charge in [-0.1, -0.05) is 19.3 Å². The van der Waals surface area contributed by atoms with Gasteiger partial charge in [0.05, 0.1) is 0 Å². The number of thiophene rings is 1. The van der Waals surface area contributed by atoms with Crippen LogP contribution in [0.15, 0.2) is 16.8 Å². The van der Waals surface area contributed by atoms with Crippen LogP contribution in [0.3, 0.4) is 0 Å². The maximum Gasteiger partial charge on any atom is 0.330 e. The van der Waals surface area contributed by atoms with E-state index in [1.165, 1.54) is 22.6 Å². The van der Waals surface area contributed by atoms with E-state index in [9.17, 15) is 9.59 Å². The molecule has 0 spiro atoms. The molecule has 8 nitrogen and oxygen atoms in total. The zero-order valence-electron chi connectivity index (χ0n) is 14.0. The second-order valence-electron chi connectivity index (χ2n) is 5.96. The van der Waals surface area contributed by atoms with Crippen LogP contribution in [0.1, 0.15) is 32.1 Å².